The third-order valence-electron chi connectivity index (χ3n) is 9.74. The Morgan fingerprint density at radius 1 is 0.511 bits per heavy atom. The summed E-state index contributed by atoms with van der Waals surface area (Å²) in [5.74, 6) is 0. The van der Waals surface area contributed by atoms with Gasteiger partial charge in [-0.2, -0.15) is 0 Å². The van der Waals surface area contributed by atoms with Gasteiger partial charge in [-0.1, -0.05) is 129 Å². The van der Waals surface area contributed by atoms with Crippen LogP contribution < -0.4 is 10.2 Å². The zero-order valence-electron chi connectivity index (χ0n) is 26.6. The molecule has 0 amide bonds. The Bertz CT molecular complexity index is 1980. The molecule has 2 heteroatoms. The van der Waals surface area contributed by atoms with Gasteiger partial charge in [-0.3, -0.25) is 0 Å². The molecule has 2 heterocycles. The number of hydrogen-bond donors (Lipinski definition) is 1. The van der Waals surface area contributed by atoms with Crippen LogP contribution in [0.5, 0.6) is 0 Å². The Balaban J connectivity index is 1.34. The Kier molecular flexibility index (Phi) is 6.09. The number of anilines is 5. The van der Waals surface area contributed by atoms with Crippen molar-refractivity contribution in [1.29, 1.82) is 0 Å². The maximum atomic E-state index is 3.79. The van der Waals surface area contributed by atoms with Crippen molar-refractivity contribution in [3.63, 3.8) is 0 Å². The molecular formula is C43H38N2. The maximum Gasteiger partial charge on any atom is 0.0782 e. The molecule has 45 heavy (non-hydrogen) atoms. The van der Waals surface area contributed by atoms with Crippen LogP contribution in [0.25, 0.3) is 11.1 Å². The highest BCUT2D eigenvalue weighted by Crippen LogP contribution is 2.61. The standard InChI is InChI=1S/C43H38N2/c1-28-14-24-38-36(26-28)43(37-27-29(2)15-25-39(37)44-38)34-10-6-8-12-40(34)45(41-13-9-7-11-35(41)43)33-22-18-31(19-23-33)30-16-20-32(21-17-30)42(3,4)5/h6-27,44H,1-5H3. The first-order valence-corrected chi connectivity index (χ1v) is 15.9. The van der Waals surface area contributed by atoms with Crippen LogP contribution in [-0.2, 0) is 10.8 Å². The van der Waals surface area contributed by atoms with Crippen molar-refractivity contribution in [2.45, 2.75) is 45.4 Å². The minimum atomic E-state index is -0.466. The summed E-state index contributed by atoms with van der Waals surface area (Å²) in [6, 6.07) is 49.8. The van der Waals surface area contributed by atoms with Gasteiger partial charge in [0.2, 0.25) is 0 Å². The molecule has 0 fully saturated rings. The van der Waals surface area contributed by atoms with Crippen molar-refractivity contribution in [1.82, 2.24) is 0 Å². The molecule has 220 valence electrons. The molecule has 0 saturated heterocycles. The predicted octanol–water partition coefficient (Wildman–Crippen LogP) is 11.5. The van der Waals surface area contributed by atoms with Crippen LogP contribution in [0.15, 0.2) is 133 Å². The largest absolute Gasteiger partial charge is 0.355 e. The maximum absolute atomic E-state index is 3.79. The monoisotopic (exact) mass is 582 g/mol. The molecule has 2 aliphatic rings. The van der Waals surface area contributed by atoms with E-state index in [2.05, 4.69) is 178 Å². The van der Waals surface area contributed by atoms with Gasteiger partial charge in [-0.15, -0.1) is 0 Å². The molecule has 0 saturated carbocycles. The summed E-state index contributed by atoms with van der Waals surface area (Å²) in [4.78, 5) is 2.45. The number of rotatable bonds is 2. The van der Waals surface area contributed by atoms with Gasteiger partial charge >= 0.3 is 0 Å². The highest BCUT2D eigenvalue weighted by Gasteiger charge is 2.50. The SMILES string of the molecule is Cc1ccc2c(c1)C1(c3cc(C)ccc3N2)c2ccccc2N(c2ccc(-c3ccc(C(C)(C)C)cc3)cc2)c2ccccc21. The van der Waals surface area contributed by atoms with E-state index in [1.807, 2.05) is 0 Å². The normalized spacial score (nSPS) is 14.2. The Labute approximate surface area is 267 Å². The number of aryl methyl sites for hydroxylation is 2. The number of fused-ring (bicyclic) bond motifs is 8. The second-order valence-electron chi connectivity index (χ2n) is 13.7. The van der Waals surface area contributed by atoms with Crippen molar-refractivity contribution in [2.75, 3.05) is 10.2 Å². The second kappa shape index (κ2) is 9.97. The van der Waals surface area contributed by atoms with Crippen molar-refractivity contribution in [2.24, 2.45) is 0 Å². The smallest absolute Gasteiger partial charge is 0.0782 e. The minimum absolute atomic E-state index is 0.140. The molecule has 0 unspecified atom stereocenters. The molecule has 0 radical (unpaired) electrons. The minimum Gasteiger partial charge on any atom is -0.355 e. The summed E-state index contributed by atoms with van der Waals surface area (Å²) in [7, 11) is 0. The van der Waals surface area contributed by atoms with E-state index in [4.69, 9.17) is 0 Å². The van der Waals surface area contributed by atoms with E-state index in [1.165, 1.54) is 61.4 Å². The van der Waals surface area contributed by atoms with Gasteiger partial charge in [-0.05, 0) is 94.6 Å². The third-order valence-corrected chi connectivity index (χ3v) is 9.74. The molecule has 8 rings (SSSR count). The van der Waals surface area contributed by atoms with Crippen LogP contribution in [-0.4, -0.2) is 0 Å². The van der Waals surface area contributed by atoms with Gasteiger partial charge in [-0.25, -0.2) is 0 Å². The average Bonchev–Trinajstić information content (AvgIpc) is 3.05. The van der Waals surface area contributed by atoms with Gasteiger partial charge in [0, 0.05) is 17.1 Å². The number of hydrogen-bond acceptors (Lipinski definition) is 2. The fraction of sp³-hybridized carbons (Fsp3) is 0.163. The summed E-state index contributed by atoms with van der Waals surface area (Å²) in [6.45, 7) is 11.2. The fourth-order valence-electron chi connectivity index (χ4n) is 7.52. The van der Waals surface area contributed by atoms with Gasteiger partial charge in [0.1, 0.15) is 0 Å². The van der Waals surface area contributed by atoms with Crippen molar-refractivity contribution in [3.8, 4) is 11.1 Å². The van der Waals surface area contributed by atoms with Crippen LogP contribution in [0.2, 0.25) is 0 Å². The van der Waals surface area contributed by atoms with Gasteiger partial charge in [0.15, 0.2) is 0 Å². The number of nitrogens with one attached hydrogen (secondary N) is 1. The summed E-state index contributed by atoms with van der Waals surface area (Å²) >= 11 is 0. The lowest BCUT2D eigenvalue weighted by Gasteiger charge is -2.49. The summed E-state index contributed by atoms with van der Waals surface area (Å²) < 4.78 is 0. The van der Waals surface area contributed by atoms with E-state index < -0.39 is 5.41 Å². The van der Waals surface area contributed by atoms with Crippen LogP contribution in [0.1, 0.15) is 59.7 Å². The molecule has 1 N–H and O–H groups in total. The topological polar surface area (TPSA) is 15.3 Å². The van der Waals surface area contributed by atoms with E-state index in [-0.39, 0.29) is 5.41 Å². The quantitative estimate of drug-likeness (QED) is 0.218. The molecule has 6 aromatic carbocycles. The average molecular weight is 583 g/mol. The van der Waals surface area contributed by atoms with Gasteiger partial charge in [0.05, 0.1) is 16.8 Å². The molecule has 1 spiro atoms. The Morgan fingerprint density at radius 3 is 1.47 bits per heavy atom. The molecular weight excluding hydrogens is 544 g/mol. The molecule has 2 nitrogen and oxygen atoms in total. The van der Waals surface area contributed by atoms with Crippen LogP contribution in [0.4, 0.5) is 28.4 Å². The zero-order valence-corrected chi connectivity index (χ0v) is 26.6. The number of para-hydroxylation sites is 2. The van der Waals surface area contributed by atoms with Crippen molar-refractivity contribution in [3.05, 3.63) is 172 Å². The van der Waals surface area contributed by atoms with Crippen molar-refractivity contribution < 1.29 is 0 Å². The zero-order chi connectivity index (χ0) is 30.9. The van der Waals surface area contributed by atoms with Crippen LogP contribution >= 0.6 is 0 Å². The van der Waals surface area contributed by atoms with Crippen LogP contribution in [0.3, 0.4) is 0 Å². The van der Waals surface area contributed by atoms with Gasteiger partial charge in [0.25, 0.3) is 0 Å². The second-order valence-corrected chi connectivity index (χ2v) is 13.7. The van der Waals surface area contributed by atoms with E-state index in [0.29, 0.717) is 0 Å². The summed E-state index contributed by atoms with van der Waals surface area (Å²) in [6.07, 6.45) is 0. The van der Waals surface area contributed by atoms with Crippen molar-refractivity contribution >= 4 is 28.4 Å². The lowest BCUT2D eigenvalue weighted by atomic mass is 9.60. The summed E-state index contributed by atoms with van der Waals surface area (Å²) in [5, 5.41) is 3.79. The third kappa shape index (κ3) is 4.16. The van der Waals surface area contributed by atoms with E-state index in [1.54, 1.807) is 0 Å². The van der Waals surface area contributed by atoms with Crippen LogP contribution in [0, 0.1) is 13.8 Å². The van der Waals surface area contributed by atoms with E-state index in [9.17, 15) is 0 Å². The molecule has 0 atom stereocenters. The summed E-state index contributed by atoms with van der Waals surface area (Å²) in [5.41, 5.74) is 17.1. The van der Waals surface area contributed by atoms with Gasteiger partial charge < -0.3 is 10.2 Å². The number of nitrogens with zero attached hydrogens (tertiary/aromatic N) is 1. The lowest BCUT2D eigenvalue weighted by molar-refractivity contribution is 0.590. The molecule has 2 aliphatic heterocycles. The lowest BCUT2D eigenvalue weighted by Crippen LogP contribution is -2.40. The Morgan fingerprint density at radius 2 is 0.978 bits per heavy atom. The van der Waals surface area contributed by atoms with E-state index >= 15 is 0 Å². The molecule has 0 aliphatic carbocycles. The molecule has 0 aromatic heterocycles. The number of benzene rings is 6. The highest BCUT2D eigenvalue weighted by atomic mass is 15.2. The first-order valence-electron chi connectivity index (χ1n) is 15.9. The first-order chi connectivity index (χ1) is 21.7. The first kappa shape index (κ1) is 27.5. The molecule has 0 bridgehead atoms. The highest BCUT2D eigenvalue weighted by molar-refractivity contribution is 5.94. The van der Waals surface area contributed by atoms with E-state index in [0.717, 1.165) is 17.1 Å². The predicted molar refractivity (Wildman–Crippen MR) is 190 cm³/mol. The molecule has 6 aromatic rings. The Hall–Kier alpha value is -5.08. The fourth-order valence-corrected chi connectivity index (χ4v) is 7.52.